The maximum atomic E-state index is 12.9. The number of carbonyl (C=O) groups is 3. The Bertz CT molecular complexity index is 1270. The van der Waals surface area contributed by atoms with Crippen molar-refractivity contribution in [3.05, 3.63) is 79.4 Å². The number of nitrogens with zero attached hydrogens (tertiary/aromatic N) is 2. The van der Waals surface area contributed by atoms with Crippen molar-refractivity contribution in [2.45, 2.75) is 20.4 Å². The van der Waals surface area contributed by atoms with Crippen molar-refractivity contribution in [3.63, 3.8) is 0 Å². The highest BCUT2D eigenvalue weighted by molar-refractivity contribution is 14.1. The van der Waals surface area contributed by atoms with Crippen molar-refractivity contribution in [2.24, 2.45) is 0 Å². The number of esters is 1. The molecule has 4 rings (SSSR count). The molecule has 32 heavy (non-hydrogen) atoms. The van der Waals surface area contributed by atoms with E-state index in [1.165, 1.54) is 13.2 Å². The Kier molecular flexibility index (Phi) is 6.29. The fourth-order valence-electron chi connectivity index (χ4n) is 3.55. The first kappa shape index (κ1) is 22.4. The number of methoxy groups -OCH3 is 1. The first-order valence-electron chi connectivity index (χ1n) is 9.65. The lowest BCUT2D eigenvalue weighted by atomic mass is 10.2. The summed E-state index contributed by atoms with van der Waals surface area (Å²) in [6, 6.07) is 13.2. The largest absolute Gasteiger partial charge is 0.463 e. The molecule has 0 radical (unpaired) electrons. The molecule has 1 aliphatic rings. The van der Waals surface area contributed by atoms with Crippen LogP contribution in [0.25, 0.3) is 11.8 Å². The molecule has 0 saturated carbocycles. The average Bonchev–Trinajstić information content (AvgIpc) is 3.41. The van der Waals surface area contributed by atoms with Crippen LogP contribution in [0.3, 0.4) is 0 Å². The molecule has 0 bridgehead atoms. The number of benzene rings is 1. The number of aryl methyl sites for hydroxylation is 1. The number of halogens is 1. The maximum Gasteiger partial charge on any atom is 0.373 e. The molecule has 2 aromatic heterocycles. The summed E-state index contributed by atoms with van der Waals surface area (Å²) in [5.41, 5.74) is 3.92. The van der Waals surface area contributed by atoms with Gasteiger partial charge < -0.3 is 13.7 Å². The minimum atomic E-state index is -0.617. The van der Waals surface area contributed by atoms with Crippen LogP contribution in [-0.2, 0) is 16.1 Å². The van der Waals surface area contributed by atoms with E-state index in [1.54, 1.807) is 12.1 Å². The Morgan fingerprint density at radius 2 is 1.97 bits per heavy atom. The molecule has 1 saturated heterocycles. The van der Waals surface area contributed by atoms with Crippen LogP contribution >= 0.6 is 34.4 Å². The lowest BCUT2D eigenvalue weighted by Gasteiger charge is -2.10. The summed E-state index contributed by atoms with van der Waals surface area (Å²) >= 11 is 3.17. The standard InChI is InChI=1S/C23H19IN2O5S/c1-13-9-15(14(2)26(13)17-6-4-5-16(24)11-17)10-20-21(27)25(23(29)32-20)12-18-7-8-19(31-18)22(28)30-3/h4-11H,12H2,1-3H3/b20-10+. The lowest BCUT2D eigenvalue weighted by Crippen LogP contribution is -2.27. The van der Waals surface area contributed by atoms with Crippen LogP contribution in [0.5, 0.6) is 0 Å². The Hall–Kier alpha value is -2.79. The molecule has 0 atom stereocenters. The summed E-state index contributed by atoms with van der Waals surface area (Å²) in [7, 11) is 1.25. The number of thioether (sulfide) groups is 1. The average molecular weight is 562 g/mol. The molecule has 1 aromatic carbocycles. The van der Waals surface area contributed by atoms with Crippen LogP contribution < -0.4 is 0 Å². The molecule has 9 heteroatoms. The zero-order valence-corrected chi connectivity index (χ0v) is 20.5. The van der Waals surface area contributed by atoms with Crippen molar-refractivity contribution in [1.82, 2.24) is 9.47 Å². The normalized spacial score (nSPS) is 15.1. The molecule has 0 aliphatic carbocycles. The highest BCUT2D eigenvalue weighted by atomic mass is 127. The summed E-state index contributed by atoms with van der Waals surface area (Å²) in [5, 5.41) is -0.385. The second-order valence-electron chi connectivity index (χ2n) is 7.17. The van der Waals surface area contributed by atoms with Crippen molar-refractivity contribution >= 4 is 57.5 Å². The van der Waals surface area contributed by atoms with Gasteiger partial charge in [0.1, 0.15) is 5.76 Å². The maximum absolute atomic E-state index is 12.9. The van der Waals surface area contributed by atoms with E-state index in [4.69, 9.17) is 4.42 Å². The van der Waals surface area contributed by atoms with Gasteiger partial charge in [-0.05, 0) is 96.2 Å². The Morgan fingerprint density at radius 1 is 1.19 bits per heavy atom. The van der Waals surface area contributed by atoms with E-state index in [2.05, 4.69) is 38.0 Å². The minimum Gasteiger partial charge on any atom is -0.463 e. The Labute approximate surface area is 202 Å². The van der Waals surface area contributed by atoms with E-state index in [0.29, 0.717) is 10.7 Å². The number of amides is 2. The number of rotatable bonds is 5. The molecule has 0 unspecified atom stereocenters. The van der Waals surface area contributed by atoms with Gasteiger partial charge in [0.05, 0.1) is 18.6 Å². The Morgan fingerprint density at radius 3 is 2.69 bits per heavy atom. The first-order valence-corrected chi connectivity index (χ1v) is 11.6. The fraction of sp³-hybridized carbons (Fsp3) is 0.174. The summed E-state index contributed by atoms with van der Waals surface area (Å²) in [5.74, 6) is -0.664. The van der Waals surface area contributed by atoms with Crippen LogP contribution in [0, 0.1) is 17.4 Å². The first-order chi connectivity index (χ1) is 15.3. The highest BCUT2D eigenvalue weighted by Crippen LogP contribution is 2.35. The molecule has 3 aromatic rings. The molecular formula is C23H19IN2O5S. The van der Waals surface area contributed by atoms with Crippen LogP contribution in [-0.4, -0.2) is 33.7 Å². The van der Waals surface area contributed by atoms with Crippen LogP contribution in [0.15, 0.2) is 51.8 Å². The summed E-state index contributed by atoms with van der Waals surface area (Å²) in [4.78, 5) is 38.4. The molecule has 1 aliphatic heterocycles. The van der Waals surface area contributed by atoms with E-state index in [9.17, 15) is 14.4 Å². The number of carbonyl (C=O) groups excluding carboxylic acids is 3. The molecule has 2 amide bonds. The number of hydrogen-bond acceptors (Lipinski definition) is 6. The van der Waals surface area contributed by atoms with Crippen LogP contribution in [0.1, 0.15) is 33.3 Å². The predicted molar refractivity (Wildman–Crippen MR) is 130 cm³/mol. The number of furan rings is 1. The van der Waals surface area contributed by atoms with Gasteiger partial charge in [0.2, 0.25) is 5.76 Å². The number of imide groups is 1. The van der Waals surface area contributed by atoms with Crippen molar-refractivity contribution in [3.8, 4) is 5.69 Å². The predicted octanol–water partition coefficient (Wildman–Crippen LogP) is 5.31. The zero-order chi connectivity index (χ0) is 23.0. The molecular weight excluding hydrogens is 543 g/mol. The molecule has 3 heterocycles. The number of hydrogen-bond donors (Lipinski definition) is 0. The second-order valence-corrected chi connectivity index (χ2v) is 9.41. The zero-order valence-electron chi connectivity index (χ0n) is 17.5. The van der Waals surface area contributed by atoms with Gasteiger partial charge in [0, 0.05) is 20.6 Å². The van der Waals surface area contributed by atoms with Crippen LogP contribution in [0.2, 0.25) is 0 Å². The third-order valence-electron chi connectivity index (χ3n) is 5.06. The molecule has 0 N–H and O–H groups in total. The van der Waals surface area contributed by atoms with Gasteiger partial charge in [-0.3, -0.25) is 14.5 Å². The van der Waals surface area contributed by atoms with Gasteiger partial charge in [0.15, 0.2) is 0 Å². The molecule has 7 nitrogen and oxygen atoms in total. The molecule has 0 spiro atoms. The van der Waals surface area contributed by atoms with Crippen molar-refractivity contribution in [2.75, 3.05) is 7.11 Å². The Balaban J connectivity index is 1.59. The van der Waals surface area contributed by atoms with Gasteiger partial charge in [-0.25, -0.2) is 4.79 Å². The minimum absolute atomic E-state index is 0.0213. The monoisotopic (exact) mass is 562 g/mol. The summed E-state index contributed by atoms with van der Waals surface area (Å²) < 4.78 is 13.3. The van der Waals surface area contributed by atoms with Gasteiger partial charge in [-0.15, -0.1) is 0 Å². The van der Waals surface area contributed by atoms with Gasteiger partial charge >= 0.3 is 5.97 Å². The number of ether oxygens (including phenoxy) is 1. The highest BCUT2D eigenvalue weighted by Gasteiger charge is 2.36. The lowest BCUT2D eigenvalue weighted by molar-refractivity contribution is -0.123. The fourth-order valence-corrected chi connectivity index (χ4v) is 4.91. The van der Waals surface area contributed by atoms with Crippen LogP contribution in [0.4, 0.5) is 4.79 Å². The van der Waals surface area contributed by atoms with Crippen molar-refractivity contribution in [1.29, 1.82) is 0 Å². The third kappa shape index (κ3) is 4.26. The summed E-state index contributed by atoms with van der Waals surface area (Å²) in [6.07, 6.45) is 1.75. The molecule has 1 fully saturated rings. The van der Waals surface area contributed by atoms with E-state index in [0.717, 1.165) is 42.9 Å². The van der Waals surface area contributed by atoms with E-state index < -0.39 is 11.9 Å². The molecule has 164 valence electrons. The van der Waals surface area contributed by atoms with Crippen molar-refractivity contribution < 1.29 is 23.5 Å². The van der Waals surface area contributed by atoms with Gasteiger partial charge in [-0.1, -0.05) is 6.07 Å². The SMILES string of the molecule is COC(=O)c1ccc(CN2C(=O)S/C(=C/c3cc(C)n(-c4cccc(I)c4)c3C)C2=O)o1. The van der Waals surface area contributed by atoms with Gasteiger partial charge in [0.25, 0.3) is 11.1 Å². The van der Waals surface area contributed by atoms with E-state index >= 15 is 0 Å². The van der Waals surface area contributed by atoms with E-state index in [-0.39, 0.29) is 17.5 Å². The van der Waals surface area contributed by atoms with E-state index in [1.807, 2.05) is 38.1 Å². The second kappa shape index (κ2) is 8.99. The smallest absolute Gasteiger partial charge is 0.373 e. The topological polar surface area (TPSA) is 81.8 Å². The quantitative estimate of drug-likeness (QED) is 0.238. The third-order valence-corrected chi connectivity index (χ3v) is 6.64. The number of aromatic nitrogens is 1. The summed E-state index contributed by atoms with van der Waals surface area (Å²) in [6.45, 7) is 3.94. The van der Waals surface area contributed by atoms with Gasteiger partial charge in [-0.2, -0.15) is 0 Å².